The van der Waals surface area contributed by atoms with E-state index >= 15 is 0 Å². The lowest BCUT2D eigenvalue weighted by Gasteiger charge is -2.16. The Kier molecular flexibility index (Phi) is 4.42. The van der Waals surface area contributed by atoms with Crippen molar-refractivity contribution in [2.24, 2.45) is 7.05 Å². The van der Waals surface area contributed by atoms with Crippen LogP contribution in [0.5, 0.6) is 0 Å². The largest absolute Gasteiger partial charge is 0.348 e. The third-order valence-corrected chi connectivity index (χ3v) is 5.24. The number of benzene rings is 2. The second-order valence-corrected chi connectivity index (χ2v) is 7.15. The van der Waals surface area contributed by atoms with Crippen molar-refractivity contribution in [2.45, 2.75) is 40.5 Å². The molecule has 0 radical (unpaired) electrons. The van der Waals surface area contributed by atoms with Crippen LogP contribution in [0.25, 0.3) is 10.9 Å². The molecule has 0 aliphatic rings. The van der Waals surface area contributed by atoms with E-state index in [1.165, 1.54) is 16.8 Å². The topological polar surface area (TPSA) is 34.0 Å². The molecule has 3 nitrogen and oxygen atoms in total. The van der Waals surface area contributed by atoms with Crippen LogP contribution in [0.15, 0.2) is 36.4 Å². The van der Waals surface area contributed by atoms with Gasteiger partial charge in [0.2, 0.25) is 0 Å². The van der Waals surface area contributed by atoms with Crippen LogP contribution in [0.3, 0.4) is 0 Å². The van der Waals surface area contributed by atoms with Crippen LogP contribution in [0, 0.1) is 20.8 Å². The summed E-state index contributed by atoms with van der Waals surface area (Å²) < 4.78 is 2.17. The molecule has 3 rings (SSSR count). The van der Waals surface area contributed by atoms with Crippen molar-refractivity contribution < 1.29 is 4.79 Å². The van der Waals surface area contributed by atoms with Crippen LogP contribution >= 0.6 is 0 Å². The van der Waals surface area contributed by atoms with Crippen molar-refractivity contribution in [3.8, 4) is 0 Å². The van der Waals surface area contributed by atoms with Gasteiger partial charge in [0, 0.05) is 34.9 Å². The number of fused-ring (bicyclic) bond motifs is 1. The molecule has 0 saturated heterocycles. The van der Waals surface area contributed by atoms with E-state index < -0.39 is 0 Å². The summed E-state index contributed by atoms with van der Waals surface area (Å²) in [7, 11) is 2.06. The average Bonchev–Trinajstić information content (AvgIpc) is 2.80. The molecule has 2 aromatic carbocycles. The van der Waals surface area contributed by atoms with Gasteiger partial charge >= 0.3 is 0 Å². The number of anilines is 1. The number of aryl methyl sites for hydroxylation is 3. The molecule has 0 unspecified atom stereocenters. The normalized spacial score (nSPS) is 11.3. The first-order chi connectivity index (χ1) is 11.8. The maximum absolute atomic E-state index is 12.9. The van der Waals surface area contributed by atoms with Crippen molar-refractivity contribution in [3.05, 3.63) is 64.3 Å². The smallest absolute Gasteiger partial charge is 0.255 e. The van der Waals surface area contributed by atoms with Crippen LogP contribution < -0.4 is 5.32 Å². The van der Waals surface area contributed by atoms with E-state index in [1.54, 1.807) is 0 Å². The number of rotatable bonds is 3. The van der Waals surface area contributed by atoms with E-state index in [4.69, 9.17) is 0 Å². The van der Waals surface area contributed by atoms with Crippen LogP contribution in [-0.2, 0) is 7.05 Å². The molecule has 0 bridgehead atoms. The van der Waals surface area contributed by atoms with E-state index in [0.717, 1.165) is 22.2 Å². The maximum atomic E-state index is 12.9. The molecule has 3 heteroatoms. The summed E-state index contributed by atoms with van der Waals surface area (Å²) in [6.07, 6.45) is 0. The van der Waals surface area contributed by atoms with Gasteiger partial charge in [-0.15, -0.1) is 0 Å². The Morgan fingerprint density at radius 3 is 2.48 bits per heavy atom. The number of nitrogens with one attached hydrogen (secondary N) is 1. The van der Waals surface area contributed by atoms with Crippen molar-refractivity contribution >= 4 is 22.5 Å². The van der Waals surface area contributed by atoms with Gasteiger partial charge in [0.15, 0.2) is 0 Å². The van der Waals surface area contributed by atoms with Crippen LogP contribution in [-0.4, -0.2) is 10.5 Å². The van der Waals surface area contributed by atoms with Gasteiger partial charge in [-0.3, -0.25) is 4.79 Å². The van der Waals surface area contributed by atoms with Gasteiger partial charge in [-0.2, -0.15) is 0 Å². The summed E-state index contributed by atoms with van der Waals surface area (Å²) in [5, 5.41) is 4.28. The first-order valence-electron chi connectivity index (χ1n) is 8.77. The molecule has 0 saturated carbocycles. The van der Waals surface area contributed by atoms with Crippen molar-refractivity contribution in [1.82, 2.24) is 4.57 Å². The van der Waals surface area contributed by atoms with Crippen LogP contribution in [0.2, 0.25) is 0 Å². The zero-order chi connectivity index (χ0) is 18.3. The zero-order valence-corrected chi connectivity index (χ0v) is 15.9. The molecule has 0 spiro atoms. The maximum Gasteiger partial charge on any atom is 0.255 e. The second kappa shape index (κ2) is 6.40. The Balaban J connectivity index is 2.00. The summed E-state index contributed by atoms with van der Waals surface area (Å²) in [4.78, 5) is 12.9. The lowest BCUT2D eigenvalue weighted by Crippen LogP contribution is -2.14. The van der Waals surface area contributed by atoms with E-state index in [0.29, 0.717) is 11.5 Å². The van der Waals surface area contributed by atoms with Crippen molar-refractivity contribution in [1.29, 1.82) is 0 Å². The molecule has 3 aromatic rings. The van der Waals surface area contributed by atoms with E-state index in [2.05, 4.69) is 50.7 Å². The second-order valence-electron chi connectivity index (χ2n) is 7.15. The first-order valence-corrected chi connectivity index (χ1v) is 8.77. The Morgan fingerprint density at radius 1 is 1.08 bits per heavy atom. The Morgan fingerprint density at radius 2 is 1.80 bits per heavy atom. The molecule has 1 heterocycles. The molecular weight excluding hydrogens is 308 g/mol. The summed E-state index contributed by atoms with van der Waals surface area (Å²) in [6, 6.07) is 12.1. The zero-order valence-electron chi connectivity index (χ0n) is 15.9. The predicted octanol–water partition coefficient (Wildman–Crippen LogP) is 5.48. The van der Waals surface area contributed by atoms with Gasteiger partial charge in [-0.1, -0.05) is 32.0 Å². The van der Waals surface area contributed by atoms with Crippen LogP contribution in [0.1, 0.15) is 52.5 Å². The van der Waals surface area contributed by atoms with Gasteiger partial charge in [-0.25, -0.2) is 0 Å². The highest BCUT2D eigenvalue weighted by Gasteiger charge is 2.15. The number of nitrogens with zero attached hydrogens (tertiary/aromatic N) is 1. The molecule has 0 atom stereocenters. The molecule has 25 heavy (non-hydrogen) atoms. The highest BCUT2D eigenvalue weighted by Crippen LogP contribution is 2.29. The third-order valence-electron chi connectivity index (χ3n) is 5.24. The minimum absolute atomic E-state index is 0.0565. The average molecular weight is 334 g/mol. The lowest BCUT2D eigenvalue weighted by atomic mass is 9.98. The fraction of sp³-hybridized carbons (Fsp3) is 0.318. The standard InChI is InChI=1S/C22H26N2O/c1-13(2)18-9-7-8-14(3)21(18)23-22(25)17-10-11-20-19(12-17)15(4)16(5)24(20)6/h7-13H,1-6H3,(H,23,25). The van der Waals surface area contributed by atoms with E-state index in [1.807, 2.05) is 37.3 Å². The fourth-order valence-corrected chi connectivity index (χ4v) is 3.43. The van der Waals surface area contributed by atoms with Crippen LogP contribution in [0.4, 0.5) is 5.69 Å². The molecule has 0 aliphatic heterocycles. The monoisotopic (exact) mass is 334 g/mol. The Hall–Kier alpha value is -2.55. The minimum atomic E-state index is -0.0565. The SMILES string of the molecule is Cc1cccc(C(C)C)c1NC(=O)c1ccc2c(c1)c(C)c(C)n2C. The lowest BCUT2D eigenvalue weighted by molar-refractivity contribution is 0.102. The Labute approximate surface area is 149 Å². The highest BCUT2D eigenvalue weighted by molar-refractivity contribution is 6.07. The number of para-hydroxylation sites is 1. The van der Waals surface area contributed by atoms with E-state index in [9.17, 15) is 4.79 Å². The van der Waals surface area contributed by atoms with Gasteiger partial charge in [0.1, 0.15) is 0 Å². The van der Waals surface area contributed by atoms with Gasteiger partial charge in [0.25, 0.3) is 5.91 Å². The predicted molar refractivity (Wildman–Crippen MR) is 106 cm³/mol. The van der Waals surface area contributed by atoms with Crippen molar-refractivity contribution in [3.63, 3.8) is 0 Å². The number of aromatic nitrogens is 1. The van der Waals surface area contributed by atoms with Crippen molar-refractivity contribution in [2.75, 3.05) is 5.32 Å². The highest BCUT2D eigenvalue weighted by atomic mass is 16.1. The molecule has 1 N–H and O–H groups in total. The number of carbonyl (C=O) groups is 1. The first kappa shape index (κ1) is 17.3. The summed E-state index contributed by atoms with van der Waals surface area (Å²) in [5.41, 5.74) is 7.50. The molecule has 0 aliphatic carbocycles. The number of amides is 1. The van der Waals surface area contributed by atoms with Gasteiger partial charge < -0.3 is 9.88 Å². The minimum Gasteiger partial charge on any atom is -0.348 e. The quantitative estimate of drug-likeness (QED) is 0.676. The summed E-state index contributed by atoms with van der Waals surface area (Å²) >= 11 is 0. The molecule has 1 aromatic heterocycles. The van der Waals surface area contributed by atoms with Gasteiger partial charge in [0.05, 0.1) is 0 Å². The number of hydrogen-bond donors (Lipinski definition) is 1. The third kappa shape index (κ3) is 2.95. The fourth-order valence-electron chi connectivity index (χ4n) is 3.43. The summed E-state index contributed by atoms with van der Waals surface area (Å²) in [5.74, 6) is 0.302. The number of hydrogen-bond acceptors (Lipinski definition) is 1. The molecule has 0 fully saturated rings. The summed E-state index contributed by atoms with van der Waals surface area (Å²) in [6.45, 7) is 10.5. The Bertz CT molecular complexity index is 964. The molecular formula is C22H26N2O. The van der Waals surface area contributed by atoms with E-state index in [-0.39, 0.29) is 5.91 Å². The molecule has 130 valence electrons. The van der Waals surface area contributed by atoms with Gasteiger partial charge in [-0.05, 0) is 61.6 Å². The number of carbonyl (C=O) groups excluding carboxylic acids is 1. The molecule has 1 amide bonds.